The number of nitrogens with one attached hydrogen (secondary N) is 2. The number of aryl methyl sites for hydroxylation is 1. The summed E-state index contributed by atoms with van der Waals surface area (Å²) < 4.78 is 15.6. The SMILES string of the molecule is Cc1ocnc1CNC(=O)NCc1ccc2c(c1)OCO2. The lowest BCUT2D eigenvalue weighted by atomic mass is 10.2. The monoisotopic (exact) mass is 289 g/mol. The maximum absolute atomic E-state index is 11.7. The number of carbonyl (C=O) groups is 1. The van der Waals surface area contributed by atoms with Crippen molar-refractivity contribution in [3.05, 3.63) is 41.6 Å². The molecule has 0 saturated heterocycles. The smallest absolute Gasteiger partial charge is 0.315 e. The molecule has 2 N–H and O–H groups in total. The van der Waals surface area contributed by atoms with Gasteiger partial charge in [-0.1, -0.05) is 6.07 Å². The molecule has 0 atom stereocenters. The van der Waals surface area contributed by atoms with Gasteiger partial charge in [0, 0.05) is 6.54 Å². The van der Waals surface area contributed by atoms with Crippen LogP contribution in [0.1, 0.15) is 17.0 Å². The predicted molar refractivity (Wildman–Crippen MR) is 72.9 cm³/mol. The lowest BCUT2D eigenvalue weighted by molar-refractivity contribution is 0.174. The van der Waals surface area contributed by atoms with Gasteiger partial charge < -0.3 is 24.5 Å². The van der Waals surface area contributed by atoms with Crippen LogP contribution in [0.25, 0.3) is 0 Å². The van der Waals surface area contributed by atoms with Crippen LogP contribution in [-0.2, 0) is 13.1 Å². The Kier molecular flexibility index (Phi) is 3.63. The van der Waals surface area contributed by atoms with Gasteiger partial charge in [-0.3, -0.25) is 0 Å². The highest BCUT2D eigenvalue weighted by atomic mass is 16.7. The lowest BCUT2D eigenvalue weighted by Gasteiger charge is -2.07. The van der Waals surface area contributed by atoms with Crippen LogP contribution < -0.4 is 20.1 Å². The zero-order valence-electron chi connectivity index (χ0n) is 11.5. The highest BCUT2D eigenvalue weighted by molar-refractivity contribution is 5.73. The molecule has 2 heterocycles. The Morgan fingerprint density at radius 1 is 1.24 bits per heavy atom. The largest absolute Gasteiger partial charge is 0.454 e. The average molecular weight is 289 g/mol. The normalized spacial score (nSPS) is 12.2. The number of amides is 2. The molecule has 7 nitrogen and oxygen atoms in total. The van der Waals surface area contributed by atoms with Crippen molar-refractivity contribution < 1.29 is 18.7 Å². The molecule has 1 aromatic carbocycles. The highest BCUT2D eigenvalue weighted by Crippen LogP contribution is 2.32. The Hall–Kier alpha value is -2.70. The fourth-order valence-corrected chi connectivity index (χ4v) is 1.96. The van der Waals surface area contributed by atoms with Gasteiger partial charge >= 0.3 is 6.03 Å². The fourth-order valence-electron chi connectivity index (χ4n) is 1.96. The molecule has 1 aromatic heterocycles. The molecule has 0 radical (unpaired) electrons. The number of carbonyl (C=O) groups excluding carboxylic acids is 1. The standard InChI is InChI=1S/C14H15N3O4/c1-9-11(17-7-19-9)6-16-14(18)15-5-10-2-3-12-13(4-10)21-8-20-12/h2-4,7H,5-6,8H2,1H3,(H2,15,16,18). The Balaban J connectivity index is 1.48. The van der Waals surface area contributed by atoms with E-state index in [1.54, 1.807) is 6.92 Å². The van der Waals surface area contributed by atoms with Gasteiger partial charge in [0.1, 0.15) is 11.5 Å². The molecule has 2 aromatic rings. The van der Waals surface area contributed by atoms with Gasteiger partial charge in [-0.05, 0) is 24.6 Å². The summed E-state index contributed by atoms with van der Waals surface area (Å²) in [4.78, 5) is 15.7. The summed E-state index contributed by atoms with van der Waals surface area (Å²) >= 11 is 0. The van der Waals surface area contributed by atoms with Crippen LogP contribution >= 0.6 is 0 Å². The number of benzene rings is 1. The number of hydrogen-bond donors (Lipinski definition) is 2. The van der Waals surface area contributed by atoms with E-state index in [0.29, 0.717) is 30.3 Å². The molecule has 7 heteroatoms. The van der Waals surface area contributed by atoms with E-state index in [9.17, 15) is 4.79 Å². The van der Waals surface area contributed by atoms with E-state index in [-0.39, 0.29) is 12.8 Å². The third-order valence-electron chi connectivity index (χ3n) is 3.15. The quantitative estimate of drug-likeness (QED) is 0.895. The molecule has 1 aliphatic heterocycles. The molecule has 0 fully saturated rings. The van der Waals surface area contributed by atoms with Crippen LogP contribution in [0.15, 0.2) is 29.0 Å². The number of aromatic nitrogens is 1. The number of hydrogen-bond acceptors (Lipinski definition) is 5. The number of rotatable bonds is 4. The van der Waals surface area contributed by atoms with Crippen LogP contribution in [0.4, 0.5) is 4.79 Å². The summed E-state index contributed by atoms with van der Waals surface area (Å²) in [6.45, 7) is 2.77. The van der Waals surface area contributed by atoms with Gasteiger partial charge in [-0.15, -0.1) is 0 Å². The first-order valence-corrected chi connectivity index (χ1v) is 6.51. The number of nitrogens with zero attached hydrogens (tertiary/aromatic N) is 1. The van der Waals surface area contributed by atoms with Crippen molar-refractivity contribution in [2.75, 3.05) is 6.79 Å². The number of fused-ring (bicyclic) bond motifs is 1. The van der Waals surface area contributed by atoms with Gasteiger partial charge in [-0.2, -0.15) is 0 Å². The van der Waals surface area contributed by atoms with Crippen LogP contribution in [-0.4, -0.2) is 17.8 Å². The van der Waals surface area contributed by atoms with Gasteiger partial charge in [-0.25, -0.2) is 9.78 Å². The van der Waals surface area contributed by atoms with Crippen LogP contribution in [0.5, 0.6) is 11.5 Å². The second-order valence-corrected chi connectivity index (χ2v) is 4.58. The van der Waals surface area contributed by atoms with Crippen molar-refractivity contribution in [2.24, 2.45) is 0 Å². The fraction of sp³-hybridized carbons (Fsp3) is 0.286. The second-order valence-electron chi connectivity index (χ2n) is 4.58. The van der Waals surface area contributed by atoms with Gasteiger partial charge in [0.25, 0.3) is 0 Å². The summed E-state index contributed by atoms with van der Waals surface area (Å²) in [6.07, 6.45) is 1.36. The second kappa shape index (κ2) is 5.74. The van der Waals surface area contributed by atoms with Crippen molar-refractivity contribution >= 4 is 6.03 Å². The first-order chi connectivity index (χ1) is 10.2. The molecule has 1 aliphatic rings. The van der Waals surface area contributed by atoms with E-state index in [4.69, 9.17) is 13.9 Å². The summed E-state index contributed by atoms with van der Waals surface area (Å²) in [7, 11) is 0. The summed E-state index contributed by atoms with van der Waals surface area (Å²) in [5, 5.41) is 5.49. The third kappa shape index (κ3) is 3.07. The van der Waals surface area contributed by atoms with E-state index < -0.39 is 0 Å². The van der Waals surface area contributed by atoms with Crippen molar-refractivity contribution in [3.8, 4) is 11.5 Å². The molecule has 0 spiro atoms. The van der Waals surface area contributed by atoms with E-state index >= 15 is 0 Å². The zero-order valence-corrected chi connectivity index (χ0v) is 11.5. The Bertz CT molecular complexity index is 653. The molecule has 0 aliphatic carbocycles. The van der Waals surface area contributed by atoms with Crippen molar-refractivity contribution in [3.63, 3.8) is 0 Å². The first kappa shape index (κ1) is 13.3. The summed E-state index contributed by atoms with van der Waals surface area (Å²) in [5.74, 6) is 2.13. The molecular formula is C14H15N3O4. The van der Waals surface area contributed by atoms with Gasteiger partial charge in [0.2, 0.25) is 6.79 Å². The molecule has 0 bridgehead atoms. The summed E-state index contributed by atoms with van der Waals surface area (Å²) in [6, 6.07) is 5.30. The average Bonchev–Trinajstić information content (AvgIpc) is 3.11. The first-order valence-electron chi connectivity index (χ1n) is 6.51. The Labute approximate surface area is 121 Å². The van der Waals surface area contributed by atoms with Crippen LogP contribution in [0.3, 0.4) is 0 Å². The molecule has 3 rings (SSSR count). The minimum Gasteiger partial charge on any atom is -0.454 e. The number of urea groups is 1. The summed E-state index contributed by atoms with van der Waals surface area (Å²) in [5.41, 5.74) is 1.65. The Morgan fingerprint density at radius 3 is 2.86 bits per heavy atom. The molecule has 0 saturated carbocycles. The van der Waals surface area contributed by atoms with E-state index in [2.05, 4.69) is 15.6 Å². The molecule has 21 heavy (non-hydrogen) atoms. The van der Waals surface area contributed by atoms with Crippen molar-refractivity contribution in [1.82, 2.24) is 15.6 Å². The van der Waals surface area contributed by atoms with Gasteiger partial charge in [0.05, 0.1) is 6.54 Å². The minimum atomic E-state index is -0.268. The number of ether oxygens (including phenoxy) is 2. The maximum atomic E-state index is 11.7. The minimum absolute atomic E-state index is 0.240. The third-order valence-corrected chi connectivity index (χ3v) is 3.15. The zero-order chi connectivity index (χ0) is 14.7. The Morgan fingerprint density at radius 2 is 2.05 bits per heavy atom. The number of oxazole rings is 1. The lowest BCUT2D eigenvalue weighted by Crippen LogP contribution is -2.34. The molecule has 2 amide bonds. The van der Waals surface area contributed by atoms with Crippen molar-refractivity contribution in [1.29, 1.82) is 0 Å². The molecular weight excluding hydrogens is 274 g/mol. The van der Waals surface area contributed by atoms with Crippen LogP contribution in [0, 0.1) is 6.92 Å². The van der Waals surface area contributed by atoms with Crippen LogP contribution in [0.2, 0.25) is 0 Å². The van der Waals surface area contributed by atoms with E-state index in [1.807, 2.05) is 18.2 Å². The molecule has 110 valence electrons. The van der Waals surface area contributed by atoms with E-state index in [0.717, 1.165) is 11.3 Å². The van der Waals surface area contributed by atoms with E-state index in [1.165, 1.54) is 6.39 Å². The highest BCUT2D eigenvalue weighted by Gasteiger charge is 2.13. The predicted octanol–water partition coefficient (Wildman–Crippen LogP) is 1.71. The van der Waals surface area contributed by atoms with Gasteiger partial charge in [0.15, 0.2) is 17.9 Å². The van der Waals surface area contributed by atoms with Crippen molar-refractivity contribution in [2.45, 2.75) is 20.0 Å². The molecule has 0 unspecified atom stereocenters. The maximum Gasteiger partial charge on any atom is 0.315 e. The topological polar surface area (TPSA) is 85.6 Å².